The fraction of sp³-hybridized carbons (Fsp3) is 0.379. The van der Waals surface area contributed by atoms with Gasteiger partial charge in [0.1, 0.15) is 5.60 Å². The van der Waals surface area contributed by atoms with Gasteiger partial charge in [-0.25, -0.2) is 4.79 Å². The maximum absolute atomic E-state index is 12.5. The smallest absolute Gasteiger partial charge is 0.410 e. The topological polar surface area (TPSA) is 45.7 Å². The lowest BCUT2D eigenvalue weighted by Crippen LogP contribution is -2.48. The maximum atomic E-state index is 12.5. The van der Waals surface area contributed by atoms with E-state index >= 15 is 0 Å². The molecule has 0 saturated carbocycles. The van der Waals surface area contributed by atoms with Crippen molar-refractivity contribution in [3.8, 4) is 11.3 Å². The van der Waals surface area contributed by atoms with Gasteiger partial charge in [-0.15, -0.1) is 0 Å². The van der Waals surface area contributed by atoms with Crippen molar-refractivity contribution >= 4 is 11.8 Å². The van der Waals surface area contributed by atoms with Gasteiger partial charge in [0.15, 0.2) is 0 Å². The first-order valence-electron chi connectivity index (χ1n) is 12.1. The van der Waals surface area contributed by atoms with E-state index in [0.29, 0.717) is 19.1 Å². The third-order valence-corrected chi connectivity index (χ3v) is 6.17. The molecule has 5 heteroatoms. The Labute approximate surface area is 203 Å². The van der Waals surface area contributed by atoms with Gasteiger partial charge in [-0.05, 0) is 70.4 Å². The van der Waals surface area contributed by atoms with Gasteiger partial charge < -0.3 is 14.5 Å². The van der Waals surface area contributed by atoms with Crippen molar-refractivity contribution in [1.29, 1.82) is 0 Å². The second-order valence-corrected chi connectivity index (χ2v) is 10.1. The SMILES string of the molecule is Cc1ccc(N(Cc2ccnc(-c3ccccc3)c2)C2CCN(C(=O)OC(C)(C)C)CC2)cc1. The summed E-state index contributed by atoms with van der Waals surface area (Å²) >= 11 is 0. The molecule has 4 rings (SSSR count). The van der Waals surface area contributed by atoms with Crippen molar-refractivity contribution in [1.82, 2.24) is 9.88 Å². The Morgan fingerprint density at radius 3 is 2.35 bits per heavy atom. The van der Waals surface area contributed by atoms with E-state index in [1.54, 1.807) is 0 Å². The zero-order chi connectivity index (χ0) is 24.1. The molecule has 0 radical (unpaired) electrons. The van der Waals surface area contributed by atoms with Gasteiger partial charge in [-0.3, -0.25) is 4.98 Å². The molecule has 0 N–H and O–H groups in total. The Bertz CT molecular complexity index is 1080. The molecule has 2 heterocycles. The molecule has 1 fully saturated rings. The van der Waals surface area contributed by atoms with Gasteiger partial charge in [0, 0.05) is 43.1 Å². The van der Waals surface area contributed by atoms with Crippen LogP contribution in [-0.2, 0) is 11.3 Å². The van der Waals surface area contributed by atoms with Gasteiger partial charge in [0.05, 0.1) is 5.69 Å². The highest BCUT2D eigenvalue weighted by atomic mass is 16.6. The van der Waals surface area contributed by atoms with E-state index < -0.39 is 5.60 Å². The summed E-state index contributed by atoms with van der Waals surface area (Å²) in [6.07, 6.45) is 3.50. The first kappa shape index (κ1) is 23.8. The predicted octanol–water partition coefficient (Wildman–Crippen LogP) is 6.46. The molecule has 1 amide bonds. The highest BCUT2D eigenvalue weighted by molar-refractivity contribution is 5.68. The van der Waals surface area contributed by atoms with E-state index in [4.69, 9.17) is 4.74 Å². The Kier molecular flexibility index (Phi) is 7.20. The number of nitrogens with zero attached hydrogens (tertiary/aromatic N) is 3. The number of ether oxygens (including phenoxy) is 1. The van der Waals surface area contributed by atoms with E-state index in [1.807, 2.05) is 50.1 Å². The van der Waals surface area contributed by atoms with Gasteiger partial charge in [-0.2, -0.15) is 0 Å². The summed E-state index contributed by atoms with van der Waals surface area (Å²) in [5.41, 5.74) is 5.32. The van der Waals surface area contributed by atoms with Crippen LogP contribution in [-0.4, -0.2) is 40.7 Å². The number of aryl methyl sites for hydroxylation is 1. The van der Waals surface area contributed by atoms with Gasteiger partial charge >= 0.3 is 6.09 Å². The second-order valence-electron chi connectivity index (χ2n) is 10.1. The average Bonchev–Trinajstić information content (AvgIpc) is 2.83. The van der Waals surface area contributed by atoms with Crippen LogP contribution in [0.5, 0.6) is 0 Å². The standard InChI is InChI=1S/C29H35N3O2/c1-22-10-12-25(13-11-22)32(26-15-18-31(19-16-26)28(33)34-29(2,3)4)21-23-14-17-30-27(20-23)24-8-6-5-7-9-24/h5-14,17,20,26H,15-16,18-19,21H2,1-4H3. The largest absolute Gasteiger partial charge is 0.444 e. The number of anilines is 1. The number of carbonyl (C=O) groups excluding carboxylic acids is 1. The summed E-state index contributed by atoms with van der Waals surface area (Å²) in [6.45, 7) is 10.0. The van der Waals surface area contributed by atoms with Gasteiger partial charge in [0.25, 0.3) is 0 Å². The van der Waals surface area contributed by atoms with Crippen LogP contribution in [0.4, 0.5) is 10.5 Å². The molecule has 1 aliphatic rings. The Balaban J connectivity index is 1.52. The van der Waals surface area contributed by atoms with Crippen molar-refractivity contribution in [3.05, 3.63) is 84.1 Å². The highest BCUT2D eigenvalue weighted by Gasteiger charge is 2.30. The molecule has 2 aromatic carbocycles. The molecule has 178 valence electrons. The van der Waals surface area contributed by atoms with Crippen molar-refractivity contribution in [2.75, 3.05) is 18.0 Å². The number of hydrogen-bond donors (Lipinski definition) is 0. The molecule has 1 aromatic heterocycles. The van der Waals surface area contributed by atoms with Crippen LogP contribution in [0, 0.1) is 6.92 Å². The number of likely N-dealkylation sites (tertiary alicyclic amines) is 1. The number of rotatable bonds is 5. The van der Waals surface area contributed by atoms with E-state index in [-0.39, 0.29) is 6.09 Å². The average molecular weight is 458 g/mol. The van der Waals surface area contributed by atoms with Crippen LogP contribution in [0.25, 0.3) is 11.3 Å². The predicted molar refractivity (Wildman–Crippen MR) is 138 cm³/mol. The quantitative estimate of drug-likeness (QED) is 0.441. The number of hydrogen-bond acceptors (Lipinski definition) is 4. The van der Waals surface area contributed by atoms with Crippen LogP contribution in [0.1, 0.15) is 44.7 Å². The van der Waals surface area contributed by atoms with Crippen LogP contribution < -0.4 is 4.90 Å². The molecular weight excluding hydrogens is 422 g/mol. The van der Waals surface area contributed by atoms with Crippen LogP contribution in [0.15, 0.2) is 72.9 Å². The summed E-state index contributed by atoms with van der Waals surface area (Å²) in [5, 5.41) is 0. The summed E-state index contributed by atoms with van der Waals surface area (Å²) in [6, 6.07) is 23.7. The molecule has 34 heavy (non-hydrogen) atoms. The number of piperidine rings is 1. The van der Waals surface area contributed by atoms with Crippen molar-refractivity contribution in [2.24, 2.45) is 0 Å². The normalized spacial score (nSPS) is 14.6. The second kappa shape index (κ2) is 10.3. The number of carbonyl (C=O) groups is 1. The molecule has 3 aromatic rings. The van der Waals surface area contributed by atoms with Crippen LogP contribution >= 0.6 is 0 Å². The molecule has 0 bridgehead atoms. The molecule has 0 unspecified atom stereocenters. The Hall–Kier alpha value is -3.34. The summed E-state index contributed by atoms with van der Waals surface area (Å²) in [5.74, 6) is 0. The van der Waals surface area contributed by atoms with Crippen molar-refractivity contribution in [2.45, 2.75) is 58.7 Å². The maximum Gasteiger partial charge on any atom is 0.410 e. The zero-order valence-corrected chi connectivity index (χ0v) is 20.7. The number of amides is 1. The van der Waals surface area contributed by atoms with E-state index in [0.717, 1.165) is 30.6 Å². The van der Waals surface area contributed by atoms with Crippen molar-refractivity contribution < 1.29 is 9.53 Å². The first-order valence-corrected chi connectivity index (χ1v) is 12.1. The lowest BCUT2D eigenvalue weighted by molar-refractivity contribution is 0.0204. The number of benzene rings is 2. The summed E-state index contributed by atoms with van der Waals surface area (Å²) in [4.78, 5) is 21.5. The highest BCUT2D eigenvalue weighted by Crippen LogP contribution is 2.28. The third-order valence-electron chi connectivity index (χ3n) is 6.17. The zero-order valence-electron chi connectivity index (χ0n) is 20.7. The van der Waals surface area contributed by atoms with E-state index in [2.05, 4.69) is 65.3 Å². The molecule has 0 spiro atoms. The van der Waals surface area contributed by atoms with Crippen LogP contribution in [0.2, 0.25) is 0 Å². The fourth-order valence-corrected chi connectivity index (χ4v) is 4.39. The van der Waals surface area contributed by atoms with Crippen LogP contribution in [0.3, 0.4) is 0 Å². The first-order chi connectivity index (χ1) is 16.3. The molecule has 1 aliphatic heterocycles. The van der Waals surface area contributed by atoms with Gasteiger partial charge in [0.2, 0.25) is 0 Å². The van der Waals surface area contributed by atoms with E-state index in [1.165, 1.54) is 16.8 Å². The number of aromatic nitrogens is 1. The van der Waals surface area contributed by atoms with Gasteiger partial charge in [-0.1, -0.05) is 48.0 Å². The minimum Gasteiger partial charge on any atom is -0.444 e. The summed E-state index contributed by atoms with van der Waals surface area (Å²) < 4.78 is 5.59. The van der Waals surface area contributed by atoms with Crippen molar-refractivity contribution in [3.63, 3.8) is 0 Å². The molecule has 0 aliphatic carbocycles. The lowest BCUT2D eigenvalue weighted by Gasteiger charge is -2.40. The van der Waals surface area contributed by atoms with E-state index in [9.17, 15) is 4.79 Å². The minimum absolute atomic E-state index is 0.213. The Morgan fingerprint density at radius 2 is 1.71 bits per heavy atom. The number of pyridine rings is 1. The fourth-order valence-electron chi connectivity index (χ4n) is 4.39. The third kappa shape index (κ3) is 6.16. The molecule has 5 nitrogen and oxygen atoms in total. The lowest BCUT2D eigenvalue weighted by atomic mass is 10.0. The molecule has 0 atom stereocenters. The molecular formula is C29H35N3O2. The minimum atomic E-state index is -0.473. The monoisotopic (exact) mass is 457 g/mol. The summed E-state index contributed by atoms with van der Waals surface area (Å²) in [7, 11) is 0. The molecule has 1 saturated heterocycles. The Morgan fingerprint density at radius 1 is 1.03 bits per heavy atom.